The van der Waals surface area contributed by atoms with E-state index in [0.717, 1.165) is 29.4 Å². The van der Waals surface area contributed by atoms with Crippen molar-refractivity contribution in [3.05, 3.63) is 33.8 Å². The molecule has 1 saturated carbocycles. The second-order valence-corrected chi connectivity index (χ2v) is 5.31. The van der Waals surface area contributed by atoms with Gasteiger partial charge >= 0.3 is 0 Å². The fourth-order valence-corrected chi connectivity index (χ4v) is 2.51. The quantitative estimate of drug-likeness (QED) is 0.883. The van der Waals surface area contributed by atoms with Crippen LogP contribution in [0.5, 0.6) is 0 Å². The Hall–Kier alpha value is -1.09. The zero-order chi connectivity index (χ0) is 11.1. The molecule has 16 heavy (non-hydrogen) atoms. The lowest BCUT2D eigenvalue weighted by Crippen LogP contribution is -2.14. The molecule has 0 bridgehead atoms. The summed E-state index contributed by atoms with van der Waals surface area (Å²) in [6, 6.07) is 4.08. The molecule has 2 nitrogen and oxygen atoms in total. The van der Waals surface area contributed by atoms with Crippen LogP contribution < -0.4 is 5.32 Å². The first-order chi connectivity index (χ1) is 7.74. The molecule has 0 spiro atoms. The Morgan fingerprint density at radius 2 is 2.19 bits per heavy atom. The normalized spacial score (nSPS) is 17.3. The van der Waals surface area contributed by atoms with Crippen molar-refractivity contribution >= 4 is 33.6 Å². The van der Waals surface area contributed by atoms with Crippen LogP contribution in [0.25, 0.3) is 6.08 Å². The summed E-state index contributed by atoms with van der Waals surface area (Å²) in [5, 5.41) is 3.04. The smallest absolute Gasteiger partial charge is 0.227 e. The molecule has 1 N–H and O–H groups in total. The number of benzene rings is 1. The number of anilines is 1. The fourth-order valence-electron chi connectivity index (χ4n) is 2.03. The number of hydrogen-bond donors (Lipinski definition) is 1. The van der Waals surface area contributed by atoms with Gasteiger partial charge < -0.3 is 5.32 Å². The van der Waals surface area contributed by atoms with Crippen LogP contribution in [0.4, 0.5) is 5.69 Å². The summed E-state index contributed by atoms with van der Waals surface area (Å²) in [5.41, 5.74) is 3.41. The van der Waals surface area contributed by atoms with E-state index < -0.39 is 0 Å². The zero-order valence-corrected chi connectivity index (χ0v) is 10.4. The predicted molar refractivity (Wildman–Crippen MR) is 68.2 cm³/mol. The first kappa shape index (κ1) is 10.1. The van der Waals surface area contributed by atoms with Crippen LogP contribution in [0, 0.1) is 5.92 Å². The Kier molecular flexibility index (Phi) is 2.36. The summed E-state index contributed by atoms with van der Waals surface area (Å²) >= 11 is 3.47. The second-order valence-electron chi connectivity index (χ2n) is 4.39. The third kappa shape index (κ3) is 1.80. The molecule has 1 aromatic rings. The molecule has 0 heterocycles. The summed E-state index contributed by atoms with van der Waals surface area (Å²) in [5.74, 6) is 0.427. The summed E-state index contributed by atoms with van der Waals surface area (Å²) < 4.78 is 1.02. The highest BCUT2D eigenvalue weighted by atomic mass is 79.9. The largest absolute Gasteiger partial charge is 0.326 e. The molecule has 0 atom stereocenters. The minimum Gasteiger partial charge on any atom is -0.326 e. The van der Waals surface area contributed by atoms with Gasteiger partial charge in [0.05, 0.1) is 0 Å². The second kappa shape index (κ2) is 3.74. The monoisotopic (exact) mass is 277 g/mol. The average Bonchev–Trinajstić information content (AvgIpc) is 2.98. The molecule has 0 aliphatic heterocycles. The van der Waals surface area contributed by atoms with Crippen LogP contribution in [-0.2, 0) is 11.2 Å². The van der Waals surface area contributed by atoms with Crippen molar-refractivity contribution in [1.82, 2.24) is 0 Å². The van der Waals surface area contributed by atoms with Crippen molar-refractivity contribution in [3.8, 4) is 0 Å². The highest BCUT2D eigenvalue weighted by Gasteiger charge is 2.30. The van der Waals surface area contributed by atoms with E-state index in [4.69, 9.17) is 0 Å². The van der Waals surface area contributed by atoms with E-state index in [1.807, 2.05) is 6.07 Å². The Morgan fingerprint density at radius 1 is 1.38 bits per heavy atom. The first-order valence-corrected chi connectivity index (χ1v) is 6.33. The predicted octanol–water partition coefficient (Wildman–Crippen LogP) is 3.37. The molecule has 2 aliphatic rings. The molecule has 2 aliphatic carbocycles. The van der Waals surface area contributed by atoms with Crippen LogP contribution in [0.3, 0.4) is 0 Å². The van der Waals surface area contributed by atoms with Gasteiger partial charge in [-0.1, -0.05) is 28.1 Å². The number of hydrogen-bond acceptors (Lipinski definition) is 1. The average molecular weight is 278 g/mol. The molecule has 82 valence electrons. The van der Waals surface area contributed by atoms with Gasteiger partial charge in [-0.15, -0.1) is 0 Å². The first-order valence-electron chi connectivity index (χ1n) is 5.54. The number of rotatable bonds is 2. The molecule has 0 radical (unpaired) electrons. The van der Waals surface area contributed by atoms with Crippen molar-refractivity contribution in [2.75, 3.05) is 5.32 Å². The van der Waals surface area contributed by atoms with Crippen molar-refractivity contribution in [2.24, 2.45) is 5.92 Å². The van der Waals surface area contributed by atoms with Crippen LogP contribution in [0.2, 0.25) is 0 Å². The minimum atomic E-state index is 0.173. The Morgan fingerprint density at radius 3 is 2.94 bits per heavy atom. The molecule has 0 saturated heterocycles. The third-order valence-electron chi connectivity index (χ3n) is 3.07. The van der Waals surface area contributed by atoms with Crippen molar-refractivity contribution in [1.29, 1.82) is 0 Å². The number of fused-ring (bicyclic) bond motifs is 1. The van der Waals surface area contributed by atoms with Crippen molar-refractivity contribution in [3.63, 3.8) is 0 Å². The molecule has 1 fully saturated rings. The van der Waals surface area contributed by atoms with E-state index in [2.05, 4.69) is 39.5 Å². The number of carbonyl (C=O) groups is 1. The fraction of sp³-hybridized carbons (Fsp3) is 0.308. The summed E-state index contributed by atoms with van der Waals surface area (Å²) in [6.07, 6.45) is 7.24. The van der Waals surface area contributed by atoms with Gasteiger partial charge in [-0.3, -0.25) is 4.79 Å². The number of amides is 1. The zero-order valence-electron chi connectivity index (χ0n) is 8.79. The van der Waals surface area contributed by atoms with E-state index in [1.54, 1.807) is 0 Å². The van der Waals surface area contributed by atoms with Gasteiger partial charge in [0.1, 0.15) is 0 Å². The maximum Gasteiger partial charge on any atom is 0.227 e. The third-order valence-corrected chi connectivity index (χ3v) is 3.53. The molecule has 1 amide bonds. The number of carbonyl (C=O) groups excluding carboxylic acids is 1. The van der Waals surface area contributed by atoms with Crippen LogP contribution in [0.15, 0.2) is 22.7 Å². The van der Waals surface area contributed by atoms with Gasteiger partial charge in [0.15, 0.2) is 0 Å². The lowest BCUT2D eigenvalue weighted by molar-refractivity contribution is -0.117. The lowest BCUT2D eigenvalue weighted by atomic mass is 10.1. The maximum absolute atomic E-state index is 11.7. The standard InChI is InChI=1S/C13H12BrNO/c14-10-6-9-2-1-3-11(9)12(7-10)15-13(16)8-4-5-8/h1-2,6-8H,3-5H2,(H,15,16). The Balaban J connectivity index is 1.91. The Bertz CT molecular complexity index is 489. The highest BCUT2D eigenvalue weighted by molar-refractivity contribution is 9.10. The minimum absolute atomic E-state index is 0.173. The maximum atomic E-state index is 11.7. The van der Waals surface area contributed by atoms with Gasteiger partial charge in [-0.05, 0) is 42.5 Å². The molecule has 1 aromatic carbocycles. The van der Waals surface area contributed by atoms with Gasteiger partial charge in [0.2, 0.25) is 5.91 Å². The van der Waals surface area contributed by atoms with E-state index in [1.165, 1.54) is 11.1 Å². The lowest BCUT2D eigenvalue weighted by Gasteiger charge is -2.11. The van der Waals surface area contributed by atoms with Crippen LogP contribution in [-0.4, -0.2) is 5.91 Å². The number of nitrogens with one attached hydrogen (secondary N) is 1. The van der Waals surface area contributed by atoms with E-state index in [-0.39, 0.29) is 11.8 Å². The summed E-state index contributed by atoms with van der Waals surface area (Å²) in [7, 11) is 0. The van der Waals surface area contributed by atoms with Crippen molar-refractivity contribution < 1.29 is 4.79 Å². The van der Waals surface area contributed by atoms with Gasteiger partial charge in [0, 0.05) is 16.1 Å². The van der Waals surface area contributed by atoms with Gasteiger partial charge in [0.25, 0.3) is 0 Å². The molecule has 0 aromatic heterocycles. The topological polar surface area (TPSA) is 29.1 Å². The Labute approximate surface area is 103 Å². The SMILES string of the molecule is O=C(Nc1cc(Br)cc2c1CC=C2)C1CC1. The molecule has 0 unspecified atom stereocenters. The number of allylic oxidation sites excluding steroid dienone is 1. The highest BCUT2D eigenvalue weighted by Crippen LogP contribution is 2.34. The van der Waals surface area contributed by atoms with Crippen molar-refractivity contribution in [2.45, 2.75) is 19.3 Å². The molecular formula is C13H12BrNO. The van der Waals surface area contributed by atoms with Gasteiger partial charge in [-0.2, -0.15) is 0 Å². The molecular weight excluding hydrogens is 266 g/mol. The summed E-state index contributed by atoms with van der Waals surface area (Å²) in [6.45, 7) is 0. The molecule has 3 rings (SSSR count). The van der Waals surface area contributed by atoms with Crippen LogP contribution >= 0.6 is 15.9 Å². The van der Waals surface area contributed by atoms with E-state index >= 15 is 0 Å². The van der Waals surface area contributed by atoms with Gasteiger partial charge in [-0.25, -0.2) is 0 Å². The van der Waals surface area contributed by atoms with E-state index in [9.17, 15) is 4.79 Å². The summed E-state index contributed by atoms with van der Waals surface area (Å²) in [4.78, 5) is 11.7. The molecule has 3 heteroatoms. The number of halogens is 1. The van der Waals surface area contributed by atoms with E-state index in [0.29, 0.717) is 0 Å². The van der Waals surface area contributed by atoms with Crippen LogP contribution in [0.1, 0.15) is 24.0 Å².